The number of ether oxygens (including phenoxy) is 1. The summed E-state index contributed by atoms with van der Waals surface area (Å²) < 4.78 is 5.09. The summed E-state index contributed by atoms with van der Waals surface area (Å²) >= 11 is 0. The van der Waals surface area contributed by atoms with Gasteiger partial charge in [0.05, 0.1) is 12.5 Å². The third kappa shape index (κ3) is 1.87. The molecule has 0 aromatic heterocycles. The van der Waals surface area contributed by atoms with Crippen LogP contribution in [0.25, 0.3) is 0 Å². The molecule has 1 unspecified atom stereocenters. The lowest BCUT2D eigenvalue weighted by molar-refractivity contribution is -0.142. The van der Waals surface area contributed by atoms with Gasteiger partial charge < -0.3 is 9.84 Å². The molecule has 1 heterocycles. The van der Waals surface area contributed by atoms with Gasteiger partial charge in [0.2, 0.25) is 0 Å². The number of carbonyl (C=O) groups excluding carboxylic acids is 1. The highest BCUT2D eigenvalue weighted by atomic mass is 16.5. The van der Waals surface area contributed by atoms with E-state index in [9.17, 15) is 9.90 Å². The molecule has 1 aliphatic carbocycles. The molecule has 0 saturated carbocycles. The maximum absolute atomic E-state index is 11.1. The van der Waals surface area contributed by atoms with Crippen LogP contribution in [0.15, 0.2) is 23.5 Å². The zero-order valence-electron chi connectivity index (χ0n) is 8.03. The first-order valence-corrected chi connectivity index (χ1v) is 5.05. The van der Waals surface area contributed by atoms with Crippen molar-refractivity contribution in [3.05, 3.63) is 23.5 Å². The van der Waals surface area contributed by atoms with Crippen molar-refractivity contribution >= 4 is 5.97 Å². The van der Waals surface area contributed by atoms with E-state index in [-0.39, 0.29) is 12.4 Å². The average Bonchev–Trinajstić information content (AvgIpc) is 2.07. The van der Waals surface area contributed by atoms with Crippen molar-refractivity contribution < 1.29 is 14.6 Å². The summed E-state index contributed by atoms with van der Waals surface area (Å²) in [4.78, 5) is 11.1. The highest BCUT2D eigenvalue weighted by Gasteiger charge is 2.26. The molecule has 2 aliphatic rings. The first-order chi connectivity index (χ1) is 6.77. The lowest BCUT2D eigenvalue weighted by Crippen LogP contribution is -2.25. The predicted octanol–water partition coefficient (Wildman–Crippen LogP) is 1.68. The van der Waals surface area contributed by atoms with Crippen molar-refractivity contribution in [3.63, 3.8) is 0 Å². The highest BCUT2D eigenvalue weighted by Crippen LogP contribution is 2.27. The van der Waals surface area contributed by atoms with E-state index < -0.39 is 6.10 Å². The van der Waals surface area contributed by atoms with Gasteiger partial charge in [0.25, 0.3) is 0 Å². The number of esters is 1. The molecule has 3 nitrogen and oxygen atoms in total. The van der Waals surface area contributed by atoms with E-state index in [1.54, 1.807) is 0 Å². The maximum Gasteiger partial charge on any atom is 0.314 e. The molecule has 0 bridgehead atoms. The molecule has 1 N–H and O–H groups in total. The molecule has 0 radical (unpaired) electrons. The average molecular weight is 194 g/mol. The van der Waals surface area contributed by atoms with Crippen LogP contribution < -0.4 is 0 Å². The van der Waals surface area contributed by atoms with Gasteiger partial charge in [-0.3, -0.25) is 4.79 Å². The molecular weight excluding hydrogens is 180 g/mol. The molecule has 14 heavy (non-hydrogen) atoms. The Morgan fingerprint density at radius 3 is 3.14 bits per heavy atom. The van der Waals surface area contributed by atoms with E-state index in [2.05, 4.69) is 0 Å². The summed E-state index contributed by atoms with van der Waals surface area (Å²) in [5, 5.41) is 9.70. The third-order valence-electron chi connectivity index (χ3n) is 2.64. The molecule has 1 aliphatic heterocycles. The molecule has 0 aromatic carbocycles. The summed E-state index contributed by atoms with van der Waals surface area (Å²) in [7, 11) is 0. The lowest BCUT2D eigenvalue weighted by Gasteiger charge is -2.23. The van der Waals surface area contributed by atoms with E-state index in [0.717, 1.165) is 31.3 Å². The van der Waals surface area contributed by atoms with Gasteiger partial charge in [-0.15, -0.1) is 0 Å². The number of rotatable bonds is 0. The number of allylic oxidation sites excluding steroid dienone is 2. The Balaban J connectivity index is 2.29. The minimum Gasteiger partial charge on any atom is -0.426 e. The van der Waals surface area contributed by atoms with E-state index in [1.807, 2.05) is 12.2 Å². The Morgan fingerprint density at radius 1 is 1.43 bits per heavy atom. The smallest absolute Gasteiger partial charge is 0.314 e. The molecule has 2 rings (SSSR count). The maximum atomic E-state index is 11.1. The standard InChI is InChI=1S/C11H14O3/c12-9-7-11(13)14-10-6-4-2-1-3-5-8(9)10/h4,6,9,12H,1-3,5,7H2/b6-4-. The number of aliphatic hydroxyl groups is 1. The van der Waals surface area contributed by atoms with Crippen LogP contribution in [0, 0.1) is 0 Å². The normalized spacial score (nSPS) is 30.1. The molecule has 0 fully saturated rings. The van der Waals surface area contributed by atoms with E-state index >= 15 is 0 Å². The minimum atomic E-state index is -0.631. The van der Waals surface area contributed by atoms with Crippen molar-refractivity contribution in [2.45, 2.75) is 38.2 Å². The summed E-state index contributed by atoms with van der Waals surface area (Å²) in [6, 6.07) is 0. The molecule has 3 heteroatoms. The largest absolute Gasteiger partial charge is 0.426 e. The van der Waals surface area contributed by atoms with Crippen molar-refractivity contribution in [1.82, 2.24) is 0 Å². The Morgan fingerprint density at radius 2 is 2.29 bits per heavy atom. The van der Waals surface area contributed by atoms with Gasteiger partial charge in [-0.05, 0) is 31.8 Å². The molecular formula is C11H14O3. The van der Waals surface area contributed by atoms with Crippen LogP contribution in [0.2, 0.25) is 0 Å². The lowest BCUT2D eigenvalue weighted by atomic mass is 9.95. The van der Waals surface area contributed by atoms with Gasteiger partial charge >= 0.3 is 5.97 Å². The van der Waals surface area contributed by atoms with Gasteiger partial charge in [0.15, 0.2) is 0 Å². The monoisotopic (exact) mass is 194 g/mol. The number of aliphatic hydroxyl groups excluding tert-OH is 1. The van der Waals surface area contributed by atoms with Crippen LogP contribution in [-0.4, -0.2) is 17.2 Å². The zero-order valence-corrected chi connectivity index (χ0v) is 8.03. The van der Waals surface area contributed by atoms with Crippen LogP contribution in [0.4, 0.5) is 0 Å². The van der Waals surface area contributed by atoms with Gasteiger partial charge in [0, 0.05) is 5.57 Å². The molecule has 1 atom stereocenters. The fraction of sp³-hybridized carbons (Fsp3) is 0.545. The molecule has 76 valence electrons. The van der Waals surface area contributed by atoms with Crippen molar-refractivity contribution in [3.8, 4) is 0 Å². The third-order valence-corrected chi connectivity index (χ3v) is 2.64. The quantitative estimate of drug-likeness (QED) is 0.597. The highest BCUT2D eigenvalue weighted by molar-refractivity contribution is 5.74. The Hall–Kier alpha value is -1.09. The fourth-order valence-electron chi connectivity index (χ4n) is 1.87. The van der Waals surface area contributed by atoms with Crippen LogP contribution >= 0.6 is 0 Å². The van der Waals surface area contributed by atoms with Crippen LogP contribution in [0.5, 0.6) is 0 Å². The van der Waals surface area contributed by atoms with E-state index in [1.165, 1.54) is 0 Å². The van der Waals surface area contributed by atoms with Gasteiger partial charge in [-0.2, -0.15) is 0 Å². The molecule has 0 aromatic rings. The first kappa shape index (κ1) is 9.46. The number of hydrogen-bond donors (Lipinski definition) is 1. The first-order valence-electron chi connectivity index (χ1n) is 5.05. The molecule has 0 saturated heterocycles. The molecule has 0 amide bonds. The molecule has 0 spiro atoms. The second-order valence-corrected chi connectivity index (χ2v) is 3.73. The van der Waals surface area contributed by atoms with E-state index in [4.69, 9.17) is 4.74 Å². The van der Waals surface area contributed by atoms with E-state index in [0.29, 0.717) is 5.76 Å². The predicted molar refractivity (Wildman–Crippen MR) is 51.3 cm³/mol. The van der Waals surface area contributed by atoms with Gasteiger partial charge in [-0.1, -0.05) is 6.08 Å². The Labute approximate surface area is 83.1 Å². The van der Waals surface area contributed by atoms with Crippen LogP contribution in [-0.2, 0) is 9.53 Å². The van der Waals surface area contributed by atoms with Crippen LogP contribution in [0.3, 0.4) is 0 Å². The van der Waals surface area contributed by atoms with Crippen LogP contribution in [0.1, 0.15) is 32.1 Å². The van der Waals surface area contributed by atoms with Gasteiger partial charge in [0.1, 0.15) is 5.76 Å². The summed E-state index contributed by atoms with van der Waals surface area (Å²) in [5.74, 6) is 0.245. The summed E-state index contributed by atoms with van der Waals surface area (Å²) in [6.45, 7) is 0. The van der Waals surface area contributed by atoms with Gasteiger partial charge in [-0.25, -0.2) is 0 Å². The summed E-state index contributed by atoms with van der Waals surface area (Å²) in [6.07, 6.45) is 7.33. The SMILES string of the molecule is O=C1CC(O)C2=C(/C=C\CCCC2)O1. The topological polar surface area (TPSA) is 46.5 Å². The minimum absolute atomic E-state index is 0.104. The van der Waals surface area contributed by atoms with Crippen molar-refractivity contribution in [2.24, 2.45) is 0 Å². The zero-order chi connectivity index (χ0) is 9.97. The Bertz CT molecular complexity index is 302. The second kappa shape index (κ2) is 3.96. The second-order valence-electron chi connectivity index (χ2n) is 3.73. The summed E-state index contributed by atoms with van der Waals surface area (Å²) in [5.41, 5.74) is 0.889. The number of hydrogen-bond acceptors (Lipinski definition) is 3. The number of carbonyl (C=O) groups is 1. The van der Waals surface area contributed by atoms with Crippen molar-refractivity contribution in [1.29, 1.82) is 0 Å². The van der Waals surface area contributed by atoms with Crippen molar-refractivity contribution in [2.75, 3.05) is 0 Å². The fourth-order valence-corrected chi connectivity index (χ4v) is 1.87. The Kier molecular flexibility index (Phi) is 2.68.